The Balaban J connectivity index is 1.24. The number of rotatable bonds is 7. The van der Waals surface area contributed by atoms with E-state index in [1.165, 1.54) is 0 Å². The van der Waals surface area contributed by atoms with E-state index in [9.17, 15) is 14.7 Å². The standard InChI is InChI=1S/C35H40ClN5O3/c1-39(2)22-24-19-25-7-3-6-10-32(25)41(23-24)33(42)31(20-26-21-37-30-9-5-4-8-29(26)30)38-34(43)40-17-15-35(44,16-18-40)27-11-13-28(36)14-12-27/h3-14,21,24,31,37,44H,15-20,22-23H2,1-2H3,(H,38,43)/t24?,31-/m1/s1. The van der Waals surface area contributed by atoms with Crippen LogP contribution in [-0.4, -0.2) is 78.1 Å². The first kappa shape index (κ1) is 30.2. The first-order chi connectivity index (χ1) is 21.2. The Hall–Kier alpha value is -3.85. The molecule has 1 aromatic heterocycles. The molecule has 44 heavy (non-hydrogen) atoms. The van der Waals surface area contributed by atoms with Gasteiger partial charge in [-0.2, -0.15) is 0 Å². The second kappa shape index (κ2) is 12.6. The average molecular weight is 614 g/mol. The summed E-state index contributed by atoms with van der Waals surface area (Å²) in [4.78, 5) is 37.3. The summed E-state index contributed by atoms with van der Waals surface area (Å²) < 4.78 is 0. The third kappa shape index (κ3) is 6.34. The summed E-state index contributed by atoms with van der Waals surface area (Å²) in [5, 5.41) is 16.1. The maximum absolute atomic E-state index is 14.5. The maximum atomic E-state index is 14.5. The molecule has 0 bridgehead atoms. The van der Waals surface area contributed by atoms with E-state index in [0.717, 1.165) is 46.2 Å². The zero-order valence-corrected chi connectivity index (χ0v) is 26.1. The molecule has 1 fully saturated rings. The first-order valence-corrected chi connectivity index (χ1v) is 15.7. The van der Waals surface area contributed by atoms with E-state index < -0.39 is 11.6 Å². The number of aromatic nitrogens is 1. The van der Waals surface area contributed by atoms with Crippen molar-refractivity contribution in [3.8, 4) is 0 Å². The molecule has 3 amide bonds. The van der Waals surface area contributed by atoms with Gasteiger partial charge in [-0.25, -0.2) is 4.79 Å². The first-order valence-electron chi connectivity index (χ1n) is 15.3. The summed E-state index contributed by atoms with van der Waals surface area (Å²) in [5.41, 5.74) is 3.80. The van der Waals surface area contributed by atoms with Gasteiger partial charge in [0, 0.05) is 60.4 Å². The zero-order chi connectivity index (χ0) is 30.8. The van der Waals surface area contributed by atoms with Gasteiger partial charge >= 0.3 is 6.03 Å². The van der Waals surface area contributed by atoms with Crippen LogP contribution in [0.3, 0.4) is 0 Å². The summed E-state index contributed by atoms with van der Waals surface area (Å²) in [5.74, 6) is 0.162. The number of carbonyl (C=O) groups is 2. The Morgan fingerprint density at radius 2 is 1.75 bits per heavy atom. The smallest absolute Gasteiger partial charge is 0.318 e. The number of hydrogen-bond acceptors (Lipinski definition) is 4. The van der Waals surface area contributed by atoms with Crippen LogP contribution < -0.4 is 10.2 Å². The highest BCUT2D eigenvalue weighted by Gasteiger charge is 2.38. The molecule has 9 heteroatoms. The van der Waals surface area contributed by atoms with E-state index in [1.54, 1.807) is 17.0 Å². The van der Waals surface area contributed by atoms with Crippen molar-refractivity contribution >= 4 is 40.1 Å². The molecule has 0 spiro atoms. The highest BCUT2D eigenvalue weighted by atomic mass is 35.5. The van der Waals surface area contributed by atoms with Crippen molar-refractivity contribution in [1.29, 1.82) is 0 Å². The van der Waals surface area contributed by atoms with Gasteiger partial charge < -0.3 is 30.1 Å². The lowest BCUT2D eigenvalue weighted by atomic mass is 9.84. The van der Waals surface area contributed by atoms with Crippen LogP contribution in [0.2, 0.25) is 5.02 Å². The molecule has 3 heterocycles. The van der Waals surface area contributed by atoms with E-state index in [2.05, 4.69) is 35.4 Å². The maximum Gasteiger partial charge on any atom is 0.318 e. The molecule has 2 aliphatic rings. The molecule has 0 radical (unpaired) electrons. The van der Waals surface area contributed by atoms with Crippen LogP contribution in [0.4, 0.5) is 10.5 Å². The molecular weight excluding hydrogens is 574 g/mol. The van der Waals surface area contributed by atoms with Gasteiger partial charge in [-0.15, -0.1) is 0 Å². The number of H-pyrrole nitrogens is 1. The third-order valence-corrected chi connectivity index (χ3v) is 9.33. The van der Waals surface area contributed by atoms with Gasteiger partial charge in [-0.05, 0) is 80.2 Å². The van der Waals surface area contributed by atoms with Crippen LogP contribution in [0.15, 0.2) is 79.0 Å². The Morgan fingerprint density at radius 3 is 2.50 bits per heavy atom. The predicted octanol–water partition coefficient (Wildman–Crippen LogP) is 5.19. The molecule has 0 saturated carbocycles. The Morgan fingerprint density at radius 1 is 1.05 bits per heavy atom. The number of nitrogens with one attached hydrogen (secondary N) is 2. The number of nitrogens with zero attached hydrogens (tertiary/aromatic N) is 3. The van der Waals surface area contributed by atoms with Gasteiger partial charge in [0.2, 0.25) is 5.91 Å². The lowest BCUT2D eigenvalue weighted by Crippen LogP contribution is -2.57. The lowest BCUT2D eigenvalue weighted by Gasteiger charge is -2.40. The molecule has 8 nitrogen and oxygen atoms in total. The molecule has 3 aromatic carbocycles. The fourth-order valence-corrected chi connectivity index (χ4v) is 6.93. The predicted molar refractivity (Wildman–Crippen MR) is 175 cm³/mol. The van der Waals surface area contributed by atoms with Gasteiger partial charge in [0.1, 0.15) is 6.04 Å². The molecule has 1 saturated heterocycles. The third-order valence-electron chi connectivity index (χ3n) is 9.08. The van der Waals surface area contributed by atoms with Crippen molar-refractivity contribution in [2.45, 2.75) is 37.3 Å². The number of piperidine rings is 1. The number of amides is 3. The summed E-state index contributed by atoms with van der Waals surface area (Å²) in [6.07, 6.45) is 3.99. The van der Waals surface area contributed by atoms with Gasteiger partial charge in [0.25, 0.3) is 0 Å². The number of hydrogen-bond donors (Lipinski definition) is 3. The van der Waals surface area contributed by atoms with Gasteiger partial charge in [0.05, 0.1) is 5.60 Å². The van der Waals surface area contributed by atoms with Gasteiger partial charge in [-0.1, -0.05) is 60.1 Å². The van der Waals surface area contributed by atoms with Crippen LogP contribution in [0.25, 0.3) is 10.9 Å². The largest absolute Gasteiger partial charge is 0.385 e. The summed E-state index contributed by atoms with van der Waals surface area (Å²) in [6, 6.07) is 22.3. The quantitative estimate of drug-likeness (QED) is 0.267. The Bertz CT molecular complexity index is 1630. The van der Waals surface area contributed by atoms with Crippen LogP contribution in [-0.2, 0) is 23.2 Å². The van der Waals surface area contributed by atoms with Crippen LogP contribution in [0, 0.1) is 5.92 Å². The van der Waals surface area contributed by atoms with Crippen molar-refractivity contribution in [3.63, 3.8) is 0 Å². The van der Waals surface area contributed by atoms with Crippen molar-refractivity contribution in [2.75, 3.05) is 45.2 Å². The van der Waals surface area contributed by atoms with E-state index >= 15 is 0 Å². The highest BCUT2D eigenvalue weighted by molar-refractivity contribution is 6.30. The minimum absolute atomic E-state index is 0.116. The number of urea groups is 1. The summed E-state index contributed by atoms with van der Waals surface area (Å²) in [7, 11) is 4.11. The zero-order valence-electron chi connectivity index (χ0n) is 25.3. The number of aromatic amines is 1. The molecule has 0 aliphatic carbocycles. The number of likely N-dealkylation sites (tertiary alicyclic amines) is 1. The van der Waals surface area contributed by atoms with Crippen LogP contribution in [0.5, 0.6) is 0 Å². The minimum atomic E-state index is -1.03. The molecule has 230 valence electrons. The lowest BCUT2D eigenvalue weighted by molar-refractivity contribution is -0.120. The minimum Gasteiger partial charge on any atom is -0.385 e. The number of para-hydroxylation sites is 2. The highest BCUT2D eigenvalue weighted by Crippen LogP contribution is 2.34. The Kier molecular flexibility index (Phi) is 8.67. The average Bonchev–Trinajstić information content (AvgIpc) is 3.43. The molecule has 2 aliphatic heterocycles. The fraction of sp³-hybridized carbons (Fsp3) is 0.371. The topological polar surface area (TPSA) is 91.9 Å². The number of carbonyl (C=O) groups excluding carboxylic acids is 2. The molecule has 4 aromatic rings. The van der Waals surface area contributed by atoms with Gasteiger partial charge in [0.15, 0.2) is 0 Å². The van der Waals surface area contributed by atoms with E-state index in [0.29, 0.717) is 43.9 Å². The molecule has 3 N–H and O–H groups in total. The van der Waals surface area contributed by atoms with Crippen molar-refractivity contribution in [1.82, 2.24) is 20.1 Å². The fourth-order valence-electron chi connectivity index (χ4n) is 6.80. The van der Waals surface area contributed by atoms with E-state index in [1.807, 2.05) is 65.7 Å². The molecule has 1 unspecified atom stereocenters. The summed E-state index contributed by atoms with van der Waals surface area (Å²) >= 11 is 6.05. The van der Waals surface area contributed by atoms with Crippen LogP contribution in [0.1, 0.15) is 29.5 Å². The molecular formula is C35H40ClN5O3. The SMILES string of the molecule is CN(C)CC1Cc2ccccc2N(C(=O)[C@@H](Cc2c[nH]c3ccccc23)NC(=O)N2CCC(O)(c3ccc(Cl)cc3)CC2)C1. The van der Waals surface area contributed by atoms with E-state index in [-0.39, 0.29) is 17.9 Å². The monoisotopic (exact) mass is 613 g/mol. The second-order valence-electron chi connectivity index (χ2n) is 12.5. The number of anilines is 1. The molecule has 2 atom stereocenters. The van der Waals surface area contributed by atoms with Crippen LogP contribution >= 0.6 is 11.6 Å². The number of benzene rings is 3. The summed E-state index contributed by atoms with van der Waals surface area (Å²) in [6.45, 7) is 2.20. The number of halogens is 1. The second-order valence-corrected chi connectivity index (χ2v) is 12.9. The van der Waals surface area contributed by atoms with Crippen molar-refractivity contribution in [2.24, 2.45) is 5.92 Å². The van der Waals surface area contributed by atoms with Gasteiger partial charge in [-0.3, -0.25) is 4.79 Å². The normalized spacial score (nSPS) is 18.7. The van der Waals surface area contributed by atoms with E-state index in [4.69, 9.17) is 11.6 Å². The number of aliphatic hydroxyl groups is 1. The van der Waals surface area contributed by atoms with Crippen molar-refractivity contribution in [3.05, 3.63) is 101 Å². The van der Waals surface area contributed by atoms with Crippen molar-refractivity contribution < 1.29 is 14.7 Å². The molecule has 6 rings (SSSR count). The Labute approximate surface area is 263 Å². The number of fused-ring (bicyclic) bond motifs is 2.